The van der Waals surface area contributed by atoms with Crippen LogP contribution in [0.2, 0.25) is 10.0 Å². The van der Waals surface area contributed by atoms with E-state index in [1.54, 1.807) is 13.2 Å². The summed E-state index contributed by atoms with van der Waals surface area (Å²) < 4.78 is 23.1. The first-order valence-corrected chi connectivity index (χ1v) is 15.1. The van der Waals surface area contributed by atoms with E-state index in [4.69, 9.17) is 42.1 Å². The van der Waals surface area contributed by atoms with Gasteiger partial charge in [0, 0.05) is 36.2 Å². The number of likely N-dealkylation sites (tertiary alicyclic amines) is 1. The molecule has 0 amide bonds. The number of ether oxygens (including phenoxy) is 4. The molecule has 0 radical (unpaired) electrons. The van der Waals surface area contributed by atoms with E-state index in [2.05, 4.69) is 30.3 Å². The first-order chi connectivity index (χ1) is 20.3. The maximum absolute atomic E-state index is 11.4. The molecule has 2 aliphatic heterocycles. The van der Waals surface area contributed by atoms with Crippen molar-refractivity contribution in [3.05, 3.63) is 75.3 Å². The van der Waals surface area contributed by atoms with E-state index in [1.807, 2.05) is 36.4 Å². The number of hydrogen-bond donors (Lipinski definition) is 1. The van der Waals surface area contributed by atoms with Gasteiger partial charge in [0.2, 0.25) is 0 Å². The Morgan fingerprint density at radius 1 is 1.02 bits per heavy atom. The number of carbonyl (C=O) groups excluding carboxylic acids is 1. The molecule has 2 fully saturated rings. The van der Waals surface area contributed by atoms with Gasteiger partial charge in [-0.1, -0.05) is 53.5 Å². The summed E-state index contributed by atoms with van der Waals surface area (Å²) in [5.41, 5.74) is 4.93. The highest BCUT2D eigenvalue weighted by molar-refractivity contribution is 6.35. The van der Waals surface area contributed by atoms with E-state index in [0.717, 1.165) is 40.9 Å². The Kier molecular flexibility index (Phi) is 10.2. The van der Waals surface area contributed by atoms with E-state index in [9.17, 15) is 4.79 Å². The highest BCUT2D eigenvalue weighted by atomic mass is 35.5. The minimum absolute atomic E-state index is 0.0215. The van der Waals surface area contributed by atoms with E-state index >= 15 is 0 Å². The molecular formula is C33H38Cl2N2O5. The lowest BCUT2D eigenvalue weighted by atomic mass is 9.96. The van der Waals surface area contributed by atoms with Gasteiger partial charge in [-0.2, -0.15) is 0 Å². The number of piperidine rings is 1. The van der Waals surface area contributed by atoms with E-state index in [0.29, 0.717) is 66.0 Å². The van der Waals surface area contributed by atoms with Gasteiger partial charge < -0.3 is 29.2 Å². The summed E-state index contributed by atoms with van der Waals surface area (Å²) in [6.07, 6.45) is 2.73. The minimum Gasteiger partial charge on any atom is -0.496 e. The van der Waals surface area contributed by atoms with Crippen LogP contribution in [0.5, 0.6) is 17.2 Å². The number of benzene rings is 3. The highest BCUT2D eigenvalue weighted by Crippen LogP contribution is 2.39. The van der Waals surface area contributed by atoms with E-state index in [1.165, 1.54) is 12.8 Å². The third kappa shape index (κ3) is 7.32. The average Bonchev–Trinajstić information content (AvgIpc) is 3.40. The van der Waals surface area contributed by atoms with Crippen molar-refractivity contribution in [2.45, 2.75) is 45.4 Å². The van der Waals surface area contributed by atoms with Crippen LogP contribution < -0.4 is 19.5 Å². The number of nitrogens with one attached hydrogen (secondary N) is 1. The van der Waals surface area contributed by atoms with Gasteiger partial charge in [-0.05, 0) is 62.2 Å². The van der Waals surface area contributed by atoms with Crippen molar-refractivity contribution in [3.63, 3.8) is 0 Å². The van der Waals surface area contributed by atoms with Crippen LogP contribution in [-0.2, 0) is 22.7 Å². The van der Waals surface area contributed by atoms with Crippen LogP contribution in [0, 0.1) is 12.8 Å². The average molecular weight is 614 g/mol. The molecular weight excluding hydrogens is 575 g/mol. The van der Waals surface area contributed by atoms with Gasteiger partial charge in [0.1, 0.15) is 30.5 Å². The fourth-order valence-corrected chi connectivity index (χ4v) is 6.17. The number of hydrogen-bond acceptors (Lipinski definition) is 7. The number of rotatable bonds is 11. The summed E-state index contributed by atoms with van der Waals surface area (Å²) in [5.74, 6) is 2.22. The van der Waals surface area contributed by atoms with Crippen LogP contribution in [-0.4, -0.2) is 57.4 Å². The lowest BCUT2D eigenvalue weighted by Gasteiger charge is -2.29. The Hall–Kier alpha value is -2.97. The van der Waals surface area contributed by atoms with Crippen molar-refractivity contribution in [1.82, 2.24) is 10.2 Å². The molecule has 0 spiro atoms. The molecule has 3 aromatic carbocycles. The largest absolute Gasteiger partial charge is 0.496 e. The molecule has 9 heteroatoms. The fraction of sp³-hybridized carbons (Fsp3) is 0.424. The number of esters is 1. The molecule has 5 rings (SSSR count). The molecule has 42 heavy (non-hydrogen) atoms. The van der Waals surface area contributed by atoms with Gasteiger partial charge >= 0.3 is 5.97 Å². The molecule has 0 aliphatic carbocycles. The molecule has 0 saturated carbocycles. The van der Waals surface area contributed by atoms with E-state index in [-0.39, 0.29) is 12.0 Å². The van der Waals surface area contributed by atoms with Crippen molar-refractivity contribution in [2.75, 3.05) is 40.5 Å². The van der Waals surface area contributed by atoms with Crippen molar-refractivity contribution < 1.29 is 23.7 Å². The highest BCUT2D eigenvalue weighted by Gasteiger charge is 2.24. The van der Waals surface area contributed by atoms with Gasteiger partial charge in [-0.25, -0.2) is 0 Å². The quantitative estimate of drug-likeness (QED) is 0.242. The zero-order valence-electron chi connectivity index (χ0n) is 24.4. The third-order valence-electron chi connectivity index (χ3n) is 8.05. The molecule has 1 N–H and O–H groups in total. The van der Waals surface area contributed by atoms with Gasteiger partial charge in [-0.15, -0.1) is 0 Å². The fourth-order valence-electron chi connectivity index (χ4n) is 5.65. The lowest BCUT2D eigenvalue weighted by Crippen LogP contribution is -2.34. The second kappa shape index (κ2) is 14.0. The Morgan fingerprint density at radius 2 is 1.83 bits per heavy atom. The summed E-state index contributed by atoms with van der Waals surface area (Å²) in [5, 5.41) is 4.43. The molecule has 0 bridgehead atoms. The molecule has 2 atom stereocenters. The van der Waals surface area contributed by atoms with Crippen molar-refractivity contribution >= 4 is 29.2 Å². The van der Waals surface area contributed by atoms with Crippen LogP contribution >= 0.6 is 23.2 Å². The number of methoxy groups -OCH3 is 1. The zero-order chi connectivity index (χ0) is 29.6. The molecule has 0 aromatic heterocycles. The van der Waals surface area contributed by atoms with Crippen molar-refractivity contribution in [1.29, 1.82) is 0 Å². The first kappa shape index (κ1) is 30.5. The molecule has 3 aromatic rings. The second-order valence-electron chi connectivity index (χ2n) is 11.1. The predicted molar refractivity (Wildman–Crippen MR) is 166 cm³/mol. The monoisotopic (exact) mass is 612 g/mol. The van der Waals surface area contributed by atoms with E-state index < -0.39 is 0 Å². The lowest BCUT2D eigenvalue weighted by molar-refractivity contribution is -0.137. The Labute approximate surface area is 258 Å². The number of nitrogens with zero attached hydrogens (tertiary/aromatic N) is 1. The van der Waals surface area contributed by atoms with Gasteiger partial charge in [0.25, 0.3) is 0 Å². The summed E-state index contributed by atoms with van der Waals surface area (Å²) >= 11 is 13.5. The molecule has 1 unspecified atom stereocenters. The summed E-state index contributed by atoms with van der Waals surface area (Å²) in [6.45, 7) is 6.12. The molecule has 7 nitrogen and oxygen atoms in total. The number of carbonyl (C=O) groups is 1. The SMILES string of the molecule is COc1cc(OCc2cccc(-c3cccc(OCC4CCCN(C)C4)c3Cl)c2C)c(Cl)cc1CN[C@H]1COC(=O)C1. The Bertz CT molecular complexity index is 1420. The second-order valence-corrected chi connectivity index (χ2v) is 11.9. The molecule has 2 heterocycles. The minimum atomic E-state index is -0.188. The van der Waals surface area contributed by atoms with Gasteiger partial charge in [0.15, 0.2) is 0 Å². The number of halogens is 2. The smallest absolute Gasteiger partial charge is 0.307 e. The first-order valence-electron chi connectivity index (χ1n) is 14.4. The van der Waals surface area contributed by atoms with Crippen LogP contribution in [0.4, 0.5) is 0 Å². The molecule has 224 valence electrons. The standard InChI is InChI=1S/C33H38Cl2N2O5/c1-21-23(19-41-31-15-30(39-3)24(13-28(31)34)16-36-25-14-32(38)42-20-25)8-4-9-26(21)27-10-5-11-29(33(27)35)40-18-22-7-6-12-37(2)17-22/h4-5,8-11,13,15,22,25,36H,6-7,12,14,16-20H2,1-3H3/t22?,25-/m1/s1. The van der Waals surface area contributed by atoms with Crippen LogP contribution in [0.1, 0.15) is 36.0 Å². The van der Waals surface area contributed by atoms with Crippen molar-refractivity contribution in [2.24, 2.45) is 5.92 Å². The Balaban J connectivity index is 1.27. The summed E-state index contributed by atoms with van der Waals surface area (Å²) in [6, 6.07) is 15.7. The van der Waals surface area contributed by atoms with Crippen LogP contribution in [0.25, 0.3) is 11.1 Å². The normalized spacial score (nSPS) is 19.0. The third-order valence-corrected chi connectivity index (χ3v) is 8.74. The number of cyclic esters (lactones) is 1. The maximum Gasteiger partial charge on any atom is 0.307 e. The summed E-state index contributed by atoms with van der Waals surface area (Å²) in [7, 11) is 3.77. The van der Waals surface area contributed by atoms with Crippen molar-refractivity contribution in [3.8, 4) is 28.4 Å². The summed E-state index contributed by atoms with van der Waals surface area (Å²) in [4.78, 5) is 13.7. The maximum atomic E-state index is 11.4. The van der Waals surface area contributed by atoms with Gasteiger partial charge in [-0.3, -0.25) is 4.79 Å². The molecule has 2 saturated heterocycles. The van der Waals surface area contributed by atoms with Crippen LogP contribution in [0.15, 0.2) is 48.5 Å². The molecule has 2 aliphatic rings. The predicted octanol–water partition coefficient (Wildman–Crippen LogP) is 6.68. The van der Waals surface area contributed by atoms with Crippen LogP contribution in [0.3, 0.4) is 0 Å². The van der Waals surface area contributed by atoms with Gasteiger partial charge in [0.05, 0.1) is 36.2 Å². The topological polar surface area (TPSA) is 69.3 Å². The zero-order valence-corrected chi connectivity index (χ0v) is 25.9. The Morgan fingerprint density at radius 3 is 2.60 bits per heavy atom.